The van der Waals surface area contributed by atoms with Gasteiger partial charge in [0.25, 0.3) is 0 Å². The highest BCUT2D eigenvalue weighted by Crippen LogP contribution is 2.39. The molecule has 0 aromatic rings. The number of nitrogens with one attached hydrogen (secondary N) is 1. The summed E-state index contributed by atoms with van der Waals surface area (Å²) in [6.07, 6.45) is 1.75. The molecule has 5 nitrogen and oxygen atoms in total. The van der Waals surface area contributed by atoms with Crippen molar-refractivity contribution in [1.29, 1.82) is 0 Å². The average molecular weight is 208 g/mol. The molecule has 2 aliphatic rings. The summed E-state index contributed by atoms with van der Waals surface area (Å²) in [7, 11) is 0. The van der Waals surface area contributed by atoms with E-state index in [1.807, 2.05) is 13.8 Å². The molecule has 1 unspecified atom stereocenters. The molecule has 2 aliphatic heterocycles. The van der Waals surface area contributed by atoms with Crippen LogP contribution in [0.1, 0.15) is 26.7 Å². The Balaban J connectivity index is 2.52. The van der Waals surface area contributed by atoms with Crippen LogP contribution in [-0.2, 0) is 4.79 Å². The lowest BCUT2D eigenvalue weighted by Gasteiger charge is -2.39. The van der Waals surface area contributed by atoms with Crippen LogP contribution in [0, 0.1) is 11.3 Å². The fraction of sp³-hybridized carbons (Fsp3) is 0.700. The van der Waals surface area contributed by atoms with Gasteiger partial charge in [-0.15, -0.1) is 0 Å². The van der Waals surface area contributed by atoms with Crippen LogP contribution >= 0.6 is 0 Å². The third-order valence-corrected chi connectivity index (χ3v) is 3.25. The molecule has 0 bridgehead atoms. The molecule has 0 aromatic carbocycles. The molecule has 2 rings (SSSR count). The van der Waals surface area contributed by atoms with E-state index in [1.165, 1.54) is 0 Å². The van der Waals surface area contributed by atoms with E-state index in [2.05, 4.69) is 15.3 Å². The average Bonchev–Trinajstić information content (AvgIpc) is 2.17. The summed E-state index contributed by atoms with van der Waals surface area (Å²) in [5.41, 5.74) is 4.97. The van der Waals surface area contributed by atoms with Crippen LogP contribution in [0.5, 0.6) is 0 Å². The zero-order valence-corrected chi connectivity index (χ0v) is 9.08. The number of fused-ring (bicyclic) bond motifs is 1. The molecule has 1 atom stereocenters. The molecular weight excluding hydrogens is 192 g/mol. The van der Waals surface area contributed by atoms with Crippen LogP contribution in [0.4, 0.5) is 0 Å². The first-order valence-corrected chi connectivity index (χ1v) is 5.28. The Bertz CT molecular complexity index is 358. The Morgan fingerprint density at radius 1 is 1.53 bits per heavy atom. The van der Waals surface area contributed by atoms with Crippen LogP contribution in [0.15, 0.2) is 9.98 Å². The first-order valence-electron chi connectivity index (χ1n) is 5.28. The van der Waals surface area contributed by atoms with E-state index < -0.39 is 5.41 Å². The molecule has 1 amide bonds. The van der Waals surface area contributed by atoms with Crippen molar-refractivity contribution in [1.82, 2.24) is 5.32 Å². The van der Waals surface area contributed by atoms with Crippen LogP contribution in [0.3, 0.4) is 0 Å². The predicted octanol–water partition coefficient (Wildman–Crippen LogP) is 0.266. The van der Waals surface area contributed by atoms with Gasteiger partial charge in [0.1, 0.15) is 11.3 Å². The molecule has 82 valence electrons. The molecule has 0 saturated heterocycles. The van der Waals surface area contributed by atoms with Crippen molar-refractivity contribution in [2.75, 3.05) is 6.54 Å². The minimum absolute atomic E-state index is 0.0524. The summed E-state index contributed by atoms with van der Waals surface area (Å²) >= 11 is 0. The Morgan fingerprint density at radius 3 is 2.93 bits per heavy atom. The number of amidine groups is 1. The van der Waals surface area contributed by atoms with Crippen molar-refractivity contribution in [3.8, 4) is 0 Å². The minimum atomic E-state index is -0.554. The lowest BCUT2D eigenvalue weighted by atomic mass is 9.70. The third-order valence-electron chi connectivity index (χ3n) is 3.25. The van der Waals surface area contributed by atoms with Crippen molar-refractivity contribution in [2.24, 2.45) is 27.1 Å². The van der Waals surface area contributed by atoms with Gasteiger partial charge in [-0.2, -0.15) is 4.99 Å². The van der Waals surface area contributed by atoms with E-state index in [0.29, 0.717) is 5.84 Å². The Morgan fingerprint density at radius 2 is 2.27 bits per heavy atom. The molecule has 0 spiro atoms. The number of rotatable bonds is 1. The zero-order valence-electron chi connectivity index (χ0n) is 9.08. The molecule has 2 heterocycles. The molecule has 0 aromatic heterocycles. The summed E-state index contributed by atoms with van der Waals surface area (Å²) in [5.74, 6) is 0.916. The smallest absolute Gasteiger partial charge is 0.240 e. The monoisotopic (exact) mass is 208 g/mol. The summed E-state index contributed by atoms with van der Waals surface area (Å²) in [5, 5.41) is 2.61. The lowest BCUT2D eigenvalue weighted by molar-refractivity contribution is -0.128. The normalized spacial score (nSPS) is 30.5. The fourth-order valence-electron chi connectivity index (χ4n) is 2.32. The molecule has 3 N–H and O–H groups in total. The van der Waals surface area contributed by atoms with Gasteiger partial charge >= 0.3 is 0 Å². The van der Waals surface area contributed by atoms with Crippen molar-refractivity contribution >= 4 is 17.7 Å². The van der Waals surface area contributed by atoms with Gasteiger partial charge in [-0.1, -0.05) is 13.8 Å². The third kappa shape index (κ3) is 1.33. The summed E-state index contributed by atoms with van der Waals surface area (Å²) < 4.78 is 0. The maximum absolute atomic E-state index is 12.0. The van der Waals surface area contributed by atoms with Crippen LogP contribution in [0.25, 0.3) is 0 Å². The van der Waals surface area contributed by atoms with E-state index in [4.69, 9.17) is 5.73 Å². The van der Waals surface area contributed by atoms with E-state index in [0.717, 1.165) is 19.4 Å². The molecule has 0 aliphatic carbocycles. The molecule has 0 radical (unpaired) electrons. The SMILES string of the molecule is CC(C)C12CCCN=C1N=C(N)NC2=O. The molecule has 5 heteroatoms. The van der Waals surface area contributed by atoms with Gasteiger partial charge in [-0.3, -0.25) is 15.1 Å². The van der Waals surface area contributed by atoms with E-state index >= 15 is 0 Å². The first kappa shape index (κ1) is 10.1. The van der Waals surface area contributed by atoms with Gasteiger partial charge in [0.2, 0.25) is 11.9 Å². The number of carbonyl (C=O) groups is 1. The predicted molar refractivity (Wildman–Crippen MR) is 58.6 cm³/mol. The maximum Gasteiger partial charge on any atom is 0.240 e. The number of aliphatic imine (C=N–C) groups is 2. The topological polar surface area (TPSA) is 79.8 Å². The zero-order chi connectivity index (χ0) is 11.1. The summed E-state index contributed by atoms with van der Waals surface area (Å²) in [4.78, 5) is 20.5. The highest BCUT2D eigenvalue weighted by Gasteiger charge is 2.49. The number of nitrogens with two attached hydrogens (primary N) is 1. The molecule has 0 saturated carbocycles. The Hall–Kier alpha value is -1.39. The second-order valence-electron chi connectivity index (χ2n) is 4.39. The van der Waals surface area contributed by atoms with Gasteiger partial charge < -0.3 is 5.73 Å². The Labute approximate surface area is 88.9 Å². The van der Waals surface area contributed by atoms with E-state index in [1.54, 1.807) is 0 Å². The van der Waals surface area contributed by atoms with Crippen LogP contribution < -0.4 is 11.1 Å². The molecule has 0 fully saturated rings. The fourth-order valence-corrected chi connectivity index (χ4v) is 2.32. The molecule has 15 heavy (non-hydrogen) atoms. The highest BCUT2D eigenvalue weighted by molar-refractivity contribution is 6.20. The standard InChI is InChI=1S/C10H16N4O/c1-6(2)10-4-3-5-12-7(10)13-9(11)14-8(10)15/h6H,3-5H2,1-2H3,(H3,11,12,13,14,15). The Kier molecular flexibility index (Phi) is 2.25. The number of nitrogens with zero attached hydrogens (tertiary/aromatic N) is 2. The van der Waals surface area contributed by atoms with Crippen LogP contribution in [-0.4, -0.2) is 24.2 Å². The second-order valence-corrected chi connectivity index (χ2v) is 4.39. The number of hydrogen-bond acceptors (Lipinski definition) is 4. The van der Waals surface area contributed by atoms with E-state index in [-0.39, 0.29) is 17.8 Å². The first-order chi connectivity index (χ1) is 7.07. The van der Waals surface area contributed by atoms with E-state index in [9.17, 15) is 4.79 Å². The largest absolute Gasteiger partial charge is 0.369 e. The highest BCUT2D eigenvalue weighted by atomic mass is 16.2. The molecular formula is C10H16N4O. The van der Waals surface area contributed by atoms with Crippen molar-refractivity contribution < 1.29 is 4.79 Å². The maximum atomic E-state index is 12.0. The second kappa shape index (κ2) is 3.32. The number of guanidine groups is 1. The summed E-state index contributed by atoms with van der Waals surface area (Å²) in [6.45, 7) is 4.79. The lowest BCUT2D eigenvalue weighted by Crippen LogP contribution is -2.58. The van der Waals surface area contributed by atoms with Gasteiger partial charge in [0, 0.05) is 6.54 Å². The van der Waals surface area contributed by atoms with Gasteiger partial charge in [-0.05, 0) is 18.8 Å². The van der Waals surface area contributed by atoms with Crippen molar-refractivity contribution in [3.05, 3.63) is 0 Å². The number of carbonyl (C=O) groups excluding carboxylic acids is 1. The van der Waals surface area contributed by atoms with Crippen LogP contribution in [0.2, 0.25) is 0 Å². The van der Waals surface area contributed by atoms with Crippen molar-refractivity contribution in [2.45, 2.75) is 26.7 Å². The van der Waals surface area contributed by atoms with Crippen molar-refractivity contribution in [3.63, 3.8) is 0 Å². The van der Waals surface area contributed by atoms with Gasteiger partial charge in [0.05, 0.1) is 0 Å². The number of hydrogen-bond donors (Lipinski definition) is 2. The van der Waals surface area contributed by atoms with Gasteiger partial charge in [-0.25, -0.2) is 0 Å². The summed E-state index contributed by atoms with van der Waals surface area (Å²) in [6, 6.07) is 0. The number of amides is 1. The quantitative estimate of drug-likeness (QED) is 0.648. The van der Waals surface area contributed by atoms with Gasteiger partial charge in [0.15, 0.2) is 0 Å². The minimum Gasteiger partial charge on any atom is -0.369 e.